The highest BCUT2D eigenvalue weighted by Gasteiger charge is 2.34. The molecular weight excluding hydrogens is 282 g/mol. The molecule has 5 heteroatoms. The normalized spacial score (nSPS) is 29.9. The van der Waals surface area contributed by atoms with E-state index < -0.39 is 0 Å². The summed E-state index contributed by atoms with van der Waals surface area (Å²) in [4.78, 5) is 4.65. The summed E-state index contributed by atoms with van der Waals surface area (Å²) in [6.45, 7) is 5.97. The standard InChI is InChI=1S/C16H27N3OS/c1-2-16-19-12(11-21-16)6-7-17-14-5-3-4-13(14)15-10-20-9-8-18-15/h11,13-15,17-18H,2-10H2,1H3. The first kappa shape index (κ1) is 15.4. The summed E-state index contributed by atoms with van der Waals surface area (Å²) in [6, 6.07) is 1.19. The number of hydrogen-bond acceptors (Lipinski definition) is 5. The van der Waals surface area contributed by atoms with Gasteiger partial charge in [0.2, 0.25) is 0 Å². The van der Waals surface area contributed by atoms with E-state index in [9.17, 15) is 0 Å². The zero-order valence-corrected chi connectivity index (χ0v) is 13.8. The summed E-state index contributed by atoms with van der Waals surface area (Å²) in [6.07, 6.45) is 6.08. The predicted octanol–water partition coefficient (Wildman–Crippen LogP) is 1.99. The van der Waals surface area contributed by atoms with Crippen molar-refractivity contribution in [3.05, 3.63) is 16.1 Å². The maximum atomic E-state index is 5.63. The zero-order chi connectivity index (χ0) is 14.5. The molecule has 118 valence electrons. The van der Waals surface area contributed by atoms with Crippen molar-refractivity contribution < 1.29 is 4.74 Å². The summed E-state index contributed by atoms with van der Waals surface area (Å²) in [5, 5.41) is 10.9. The molecule has 1 aliphatic carbocycles. The van der Waals surface area contributed by atoms with Gasteiger partial charge < -0.3 is 15.4 Å². The third-order valence-corrected chi connectivity index (χ3v) is 5.77. The van der Waals surface area contributed by atoms with Crippen LogP contribution in [0.3, 0.4) is 0 Å². The minimum absolute atomic E-state index is 0.546. The largest absolute Gasteiger partial charge is 0.379 e. The SMILES string of the molecule is CCc1nc(CCNC2CCCC2C2COCCN2)cs1. The van der Waals surface area contributed by atoms with Crippen molar-refractivity contribution in [3.63, 3.8) is 0 Å². The van der Waals surface area contributed by atoms with E-state index in [-0.39, 0.29) is 0 Å². The first-order chi connectivity index (χ1) is 10.4. The molecular formula is C16H27N3OS. The van der Waals surface area contributed by atoms with Crippen LogP contribution >= 0.6 is 11.3 Å². The average molecular weight is 309 g/mol. The van der Waals surface area contributed by atoms with Gasteiger partial charge in [-0.3, -0.25) is 0 Å². The first-order valence-corrected chi connectivity index (χ1v) is 9.22. The zero-order valence-electron chi connectivity index (χ0n) is 12.9. The van der Waals surface area contributed by atoms with Crippen LogP contribution in [0.4, 0.5) is 0 Å². The van der Waals surface area contributed by atoms with Crippen LogP contribution in [-0.2, 0) is 17.6 Å². The highest BCUT2D eigenvalue weighted by Crippen LogP contribution is 2.29. The molecule has 0 aromatic carbocycles. The van der Waals surface area contributed by atoms with Crippen LogP contribution in [-0.4, -0.2) is 43.4 Å². The Hall–Kier alpha value is -0.490. The highest BCUT2D eigenvalue weighted by molar-refractivity contribution is 7.09. The van der Waals surface area contributed by atoms with Crippen LogP contribution in [0.25, 0.3) is 0 Å². The predicted molar refractivity (Wildman–Crippen MR) is 86.9 cm³/mol. The summed E-state index contributed by atoms with van der Waals surface area (Å²) in [7, 11) is 0. The molecule has 0 amide bonds. The molecule has 3 unspecified atom stereocenters. The second-order valence-corrected chi connectivity index (χ2v) is 7.07. The summed E-state index contributed by atoms with van der Waals surface area (Å²) in [5.41, 5.74) is 1.25. The Morgan fingerprint density at radius 2 is 2.43 bits per heavy atom. The Labute approximate surface area is 131 Å². The van der Waals surface area contributed by atoms with Crippen LogP contribution in [0.2, 0.25) is 0 Å². The van der Waals surface area contributed by atoms with Gasteiger partial charge in [0.25, 0.3) is 0 Å². The number of aryl methyl sites for hydroxylation is 1. The molecule has 4 nitrogen and oxygen atoms in total. The molecule has 1 aromatic heterocycles. The number of nitrogens with one attached hydrogen (secondary N) is 2. The molecule has 1 aromatic rings. The quantitative estimate of drug-likeness (QED) is 0.844. The van der Waals surface area contributed by atoms with E-state index in [0.29, 0.717) is 12.1 Å². The number of ether oxygens (including phenoxy) is 1. The molecule has 1 saturated carbocycles. The van der Waals surface area contributed by atoms with Crippen molar-refractivity contribution in [2.75, 3.05) is 26.3 Å². The van der Waals surface area contributed by atoms with Gasteiger partial charge >= 0.3 is 0 Å². The number of aromatic nitrogens is 1. The Bertz CT molecular complexity index is 431. The topological polar surface area (TPSA) is 46.2 Å². The Balaban J connectivity index is 1.45. The lowest BCUT2D eigenvalue weighted by Gasteiger charge is -2.33. The van der Waals surface area contributed by atoms with Crippen molar-refractivity contribution in [1.82, 2.24) is 15.6 Å². The van der Waals surface area contributed by atoms with Crippen LogP contribution in [0, 0.1) is 5.92 Å². The van der Waals surface area contributed by atoms with E-state index in [4.69, 9.17) is 4.74 Å². The van der Waals surface area contributed by atoms with E-state index in [1.54, 1.807) is 11.3 Å². The lowest BCUT2D eigenvalue weighted by atomic mass is 9.94. The van der Waals surface area contributed by atoms with Crippen molar-refractivity contribution in [3.8, 4) is 0 Å². The minimum atomic E-state index is 0.546. The molecule has 21 heavy (non-hydrogen) atoms. The van der Waals surface area contributed by atoms with Gasteiger partial charge in [-0.2, -0.15) is 0 Å². The van der Waals surface area contributed by atoms with Gasteiger partial charge in [-0.25, -0.2) is 4.98 Å². The van der Waals surface area contributed by atoms with Crippen molar-refractivity contribution in [1.29, 1.82) is 0 Å². The van der Waals surface area contributed by atoms with Gasteiger partial charge in [-0.15, -0.1) is 11.3 Å². The number of nitrogens with zero attached hydrogens (tertiary/aromatic N) is 1. The molecule has 0 spiro atoms. The average Bonchev–Trinajstić information content (AvgIpc) is 3.17. The van der Waals surface area contributed by atoms with Gasteiger partial charge in [0.15, 0.2) is 0 Å². The van der Waals surface area contributed by atoms with E-state index in [1.807, 2.05) is 0 Å². The molecule has 0 radical (unpaired) electrons. The lowest BCUT2D eigenvalue weighted by Crippen LogP contribution is -2.51. The summed E-state index contributed by atoms with van der Waals surface area (Å²) >= 11 is 1.79. The number of rotatable bonds is 6. The van der Waals surface area contributed by atoms with Gasteiger partial charge in [0.05, 0.1) is 23.9 Å². The lowest BCUT2D eigenvalue weighted by molar-refractivity contribution is 0.0526. The van der Waals surface area contributed by atoms with E-state index in [1.165, 1.54) is 30.0 Å². The van der Waals surface area contributed by atoms with Crippen LogP contribution in [0.15, 0.2) is 5.38 Å². The number of thiazole rings is 1. The molecule has 1 saturated heterocycles. The van der Waals surface area contributed by atoms with Gasteiger partial charge in [0, 0.05) is 37.0 Å². The monoisotopic (exact) mass is 309 g/mol. The smallest absolute Gasteiger partial charge is 0.0925 e. The Morgan fingerprint density at radius 1 is 1.48 bits per heavy atom. The molecule has 1 aliphatic heterocycles. The Kier molecular flexibility index (Phi) is 5.63. The molecule has 2 fully saturated rings. The van der Waals surface area contributed by atoms with Crippen molar-refractivity contribution in [2.45, 2.75) is 51.1 Å². The van der Waals surface area contributed by atoms with Crippen LogP contribution in [0.1, 0.15) is 36.9 Å². The molecule has 0 bridgehead atoms. The van der Waals surface area contributed by atoms with Crippen LogP contribution < -0.4 is 10.6 Å². The minimum Gasteiger partial charge on any atom is -0.379 e. The fraction of sp³-hybridized carbons (Fsp3) is 0.812. The van der Waals surface area contributed by atoms with E-state index in [0.717, 1.165) is 45.1 Å². The molecule has 3 atom stereocenters. The second kappa shape index (κ2) is 7.68. The Morgan fingerprint density at radius 3 is 3.19 bits per heavy atom. The van der Waals surface area contributed by atoms with Crippen molar-refractivity contribution >= 4 is 11.3 Å². The number of hydrogen-bond donors (Lipinski definition) is 2. The van der Waals surface area contributed by atoms with Gasteiger partial charge in [-0.1, -0.05) is 13.3 Å². The first-order valence-electron chi connectivity index (χ1n) is 8.34. The maximum Gasteiger partial charge on any atom is 0.0925 e. The third kappa shape index (κ3) is 4.03. The molecule has 2 heterocycles. The molecule has 2 N–H and O–H groups in total. The molecule has 2 aliphatic rings. The summed E-state index contributed by atoms with van der Waals surface area (Å²) < 4.78 is 5.63. The van der Waals surface area contributed by atoms with E-state index in [2.05, 4.69) is 27.9 Å². The second-order valence-electron chi connectivity index (χ2n) is 6.13. The van der Waals surface area contributed by atoms with Gasteiger partial charge in [0.1, 0.15) is 0 Å². The third-order valence-electron chi connectivity index (χ3n) is 4.73. The number of morpholine rings is 1. The fourth-order valence-corrected chi connectivity index (χ4v) is 4.38. The molecule has 3 rings (SSSR count). The van der Waals surface area contributed by atoms with Crippen molar-refractivity contribution in [2.24, 2.45) is 5.92 Å². The van der Waals surface area contributed by atoms with Gasteiger partial charge in [-0.05, 0) is 25.2 Å². The highest BCUT2D eigenvalue weighted by atomic mass is 32.1. The summed E-state index contributed by atoms with van der Waals surface area (Å²) in [5.74, 6) is 0.729. The van der Waals surface area contributed by atoms with E-state index >= 15 is 0 Å². The van der Waals surface area contributed by atoms with Crippen LogP contribution in [0.5, 0.6) is 0 Å². The maximum absolute atomic E-state index is 5.63. The fourth-order valence-electron chi connectivity index (χ4n) is 3.60.